The molecule has 25 heavy (non-hydrogen) atoms. The lowest BCUT2D eigenvalue weighted by atomic mass is 9.87. The number of methoxy groups -OCH3 is 1. The van der Waals surface area contributed by atoms with Crippen LogP contribution in [-0.2, 0) is 16.1 Å². The number of aliphatic hydroxyl groups excluding tert-OH is 1. The Morgan fingerprint density at radius 2 is 2.04 bits per heavy atom. The van der Waals surface area contributed by atoms with E-state index >= 15 is 0 Å². The standard InChI is InChI=1S/C17H14BrNO6/c1-23-17(22)13-12(8-2-4-9(18)5-3-8)15-14(25-16(13)19)11(21)6-10(7-20)24-15/h2-6,12,20H,7,19H2,1H3/t12-/m1/s1. The molecule has 0 fully saturated rings. The quantitative estimate of drug-likeness (QED) is 0.745. The Kier molecular flexibility index (Phi) is 4.65. The summed E-state index contributed by atoms with van der Waals surface area (Å²) in [5, 5.41) is 9.32. The summed E-state index contributed by atoms with van der Waals surface area (Å²) in [4.78, 5) is 24.5. The van der Waals surface area contributed by atoms with Gasteiger partial charge in [0.05, 0.1) is 13.0 Å². The highest BCUT2D eigenvalue weighted by atomic mass is 79.9. The average Bonchev–Trinajstić information content (AvgIpc) is 2.61. The topological polar surface area (TPSA) is 112 Å². The van der Waals surface area contributed by atoms with Gasteiger partial charge < -0.3 is 24.7 Å². The third kappa shape index (κ3) is 3.06. The number of hydrogen-bond donors (Lipinski definition) is 2. The number of rotatable bonds is 3. The van der Waals surface area contributed by atoms with Crippen molar-refractivity contribution in [1.82, 2.24) is 0 Å². The molecule has 1 aliphatic heterocycles. The lowest BCUT2D eigenvalue weighted by Crippen LogP contribution is -2.29. The number of esters is 1. The highest BCUT2D eigenvalue weighted by Crippen LogP contribution is 2.41. The molecular formula is C17H14BrNO6. The average molecular weight is 408 g/mol. The summed E-state index contributed by atoms with van der Waals surface area (Å²) in [7, 11) is 1.22. The molecule has 1 atom stereocenters. The first kappa shape index (κ1) is 17.2. The normalized spacial score (nSPS) is 16.2. The fraction of sp³-hybridized carbons (Fsp3) is 0.176. The van der Waals surface area contributed by atoms with E-state index < -0.39 is 23.9 Å². The Hall–Kier alpha value is -2.58. The van der Waals surface area contributed by atoms with Crippen molar-refractivity contribution < 1.29 is 23.8 Å². The first-order valence-corrected chi connectivity index (χ1v) is 8.04. The number of carbonyl (C=O) groups excluding carboxylic acids is 1. The summed E-state index contributed by atoms with van der Waals surface area (Å²) < 4.78 is 16.6. The summed E-state index contributed by atoms with van der Waals surface area (Å²) in [5.74, 6) is -1.70. The van der Waals surface area contributed by atoms with Gasteiger partial charge in [-0.15, -0.1) is 0 Å². The Labute approximate surface area is 150 Å². The van der Waals surface area contributed by atoms with E-state index in [1.807, 2.05) is 0 Å². The molecule has 0 spiro atoms. The summed E-state index contributed by atoms with van der Waals surface area (Å²) in [6.45, 7) is -0.470. The van der Waals surface area contributed by atoms with Gasteiger partial charge in [-0.2, -0.15) is 0 Å². The minimum Gasteiger partial charge on any atom is -0.465 e. The van der Waals surface area contributed by atoms with Gasteiger partial charge in [-0.05, 0) is 17.7 Å². The summed E-state index contributed by atoms with van der Waals surface area (Å²) in [6.07, 6.45) is 0. The molecule has 2 aromatic rings. The zero-order valence-electron chi connectivity index (χ0n) is 13.1. The molecule has 3 N–H and O–H groups in total. The smallest absolute Gasteiger partial charge is 0.340 e. The van der Waals surface area contributed by atoms with Crippen molar-refractivity contribution in [2.75, 3.05) is 7.11 Å². The molecule has 0 bridgehead atoms. The predicted molar refractivity (Wildman–Crippen MR) is 90.7 cm³/mol. The minimum absolute atomic E-state index is 0.0237. The second-order valence-electron chi connectivity index (χ2n) is 5.28. The third-order valence-electron chi connectivity index (χ3n) is 3.77. The molecule has 3 rings (SSSR count). The van der Waals surface area contributed by atoms with Crippen LogP contribution in [0.3, 0.4) is 0 Å². The number of ether oxygens (including phenoxy) is 2. The molecule has 0 aliphatic carbocycles. The van der Waals surface area contributed by atoms with Gasteiger partial charge in [0.2, 0.25) is 17.1 Å². The van der Waals surface area contributed by atoms with E-state index in [1.54, 1.807) is 24.3 Å². The van der Waals surface area contributed by atoms with Gasteiger partial charge >= 0.3 is 5.97 Å². The molecule has 1 aromatic heterocycles. The first-order chi connectivity index (χ1) is 12.0. The van der Waals surface area contributed by atoms with Crippen molar-refractivity contribution >= 4 is 21.9 Å². The SMILES string of the molecule is COC(=O)C1=C(N)Oc2c(oc(CO)cc2=O)[C@@H]1c1ccc(Br)cc1. The highest BCUT2D eigenvalue weighted by molar-refractivity contribution is 9.10. The number of nitrogens with two attached hydrogens (primary N) is 1. The van der Waals surface area contributed by atoms with Crippen molar-refractivity contribution in [3.8, 4) is 5.75 Å². The van der Waals surface area contributed by atoms with Crippen molar-refractivity contribution in [1.29, 1.82) is 0 Å². The van der Waals surface area contributed by atoms with Gasteiger partial charge in [-0.3, -0.25) is 4.79 Å². The van der Waals surface area contributed by atoms with Crippen LogP contribution in [0.2, 0.25) is 0 Å². The molecule has 0 amide bonds. The number of halogens is 1. The largest absolute Gasteiger partial charge is 0.465 e. The van der Waals surface area contributed by atoms with Crippen molar-refractivity contribution in [3.05, 3.63) is 73.6 Å². The Balaban J connectivity index is 2.29. The molecular weight excluding hydrogens is 394 g/mol. The van der Waals surface area contributed by atoms with E-state index in [2.05, 4.69) is 15.9 Å². The van der Waals surface area contributed by atoms with Crippen LogP contribution >= 0.6 is 15.9 Å². The van der Waals surface area contributed by atoms with E-state index in [9.17, 15) is 14.7 Å². The van der Waals surface area contributed by atoms with Crippen molar-refractivity contribution in [2.24, 2.45) is 5.73 Å². The van der Waals surface area contributed by atoms with Crippen molar-refractivity contribution in [3.63, 3.8) is 0 Å². The summed E-state index contributed by atoms with van der Waals surface area (Å²) in [6, 6.07) is 8.19. The molecule has 8 heteroatoms. The van der Waals surface area contributed by atoms with Gasteiger partial charge in [0.15, 0.2) is 5.76 Å². The van der Waals surface area contributed by atoms with Gasteiger partial charge in [0.25, 0.3) is 0 Å². The molecule has 7 nitrogen and oxygen atoms in total. The van der Waals surface area contributed by atoms with E-state index in [4.69, 9.17) is 19.6 Å². The molecule has 0 saturated heterocycles. The van der Waals surface area contributed by atoms with Gasteiger partial charge in [0, 0.05) is 10.5 Å². The number of hydrogen-bond acceptors (Lipinski definition) is 7. The number of carbonyl (C=O) groups is 1. The molecule has 0 radical (unpaired) electrons. The lowest BCUT2D eigenvalue weighted by molar-refractivity contribution is -0.136. The fourth-order valence-electron chi connectivity index (χ4n) is 2.66. The second-order valence-corrected chi connectivity index (χ2v) is 6.20. The lowest BCUT2D eigenvalue weighted by Gasteiger charge is -2.26. The number of benzene rings is 1. The number of fused-ring (bicyclic) bond motifs is 1. The molecule has 130 valence electrons. The molecule has 1 aliphatic rings. The van der Waals surface area contributed by atoms with Crippen molar-refractivity contribution in [2.45, 2.75) is 12.5 Å². The maximum Gasteiger partial charge on any atom is 0.340 e. The monoisotopic (exact) mass is 407 g/mol. The summed E-state index contributed by atoms with van der Waals surface area (Å²) in [5.41, 5.74) is 6.06. The Bertz CT molecular complexity index is 916. The maximum absolute atomic E-state index is 12.3. The van der Waals surface area contributed by atoms with Crippen LogP contribution in [0.25, 0.3) is 0 Å². The van der Waals surface area contributed by atoms with E-state index in [0.29, 0.717) is 5.56 Å². The molecule has 1 aromatic carbocycles. The molecule has 2 heterocycles. The zero-order valence-corrected chi connectivity index (χ0v) is 14.7. The van der Waals surface area contributed by atoms with Gasteiger partial charge in [-0.1, -0.05) is 28.1 Å². The van der Waals surface area contributed by atoms with E-state index in [-0.39, 0.29) is 28.7 Å². The maximum atomic E-state index is 12.3. The van der Waals surface area contributed by atoms with Gasteiger partial charge in [-0.25, -0.2) is 4.79 Å². The second kappa shape index (κ2) is 6.73. The van der Waals surface area contributed by atoms with Crippen LogP contribution in [0.4, 0.5) is 0 Å². The van der Waals surface area contributed by atoms with E-state index in [0.717, 1.165) is 10.5 Å². The van der Waals surface area contributed by atoms with Gasteiger partial charge in [0.1, 0.15) is 17.9 Å². The van der Waals surface area contributed by atoms with Crippen LogP contribution in [0.1, 0.15) is 23.0 Å². The predicted octanol–water partition coefficient (Wildman–Crippen LogP) is 1.76. The van der Waals surface area contributed by atoms with Crippen LogP contribution in [-0.4, -0.2) is 18.2 Å². The van der Waals surface area contributed by atoms with Crippen LogP contribution in [0.15, 0.2) is 55.5 Å². The molecule has 0 unspecified atom stereocenters. The Morgan fingerprint density at radius 3 is 2.64 bits per heavy atom. The Morgan fingerprint density at radius 1 is 1.36 bits per heavy atom. The minimum atomic E-state index is -0.802. The van der Waals surface area contributed by atoms with Crippen LogP contribution in [0, 0.1) is 0 Å². The fourth-order valence-corrected chi connectivity index (χ4v) is 2.92. The van der Waals surface area contributed by atoms with E-state index in [1.165, 1.54) is 7.11 Å². The number of aliphatic hydroxyl groups is 1. The summed E-state index contributed by atoms with van der Waals surface area (Å²) >= 11 is 3.35. The third-order valence-corrected chi connectivity index (χ3v) is 4.30. The van der Waals surface area contributed by atoms with Crippen LogP contribution < -0.4 is 15.9 Å². The zero-order chi connectivity index (χ0) is 18.1. The molecule has 0 saturated carbocycles. The highest BCUT2D eigenvalue weighted by Gasteiger charge is 2.38. The van der Waals surface area contributed by atoms with Crippen LogP contribution in [0.5, 0.6) is 5.75 Å². The first-order valence-electron chi connectivity index (χ1n) is 7.25.